The second-order valence-electron chi connectivity index (χ2n) is 4.48. The average molecular weight is 233 g/mol. The van der Waals surface area contributed by atoms with Gasteiger partial charge in [-0.2, -0.15) is 4.31 Å². The Kier molecular flexibility index (Phi) is 2.50. The zero-order valence-corrected chi connectivity index (χ0v) is 9.40. The Morgan fingerprint density at radius 3 is 2.07 bits per heavy atom. The van der Waals surface area contributed by atoms with Gasteiger partial charge in [-0.15, -0.1) is 0 Å². The van der Waals surface area contributed by atoms with Gasteiger partial charge in [0.1, 0.15) is 0 Å². The number of hydrogen-bond donors (Lipinski definition) is 1. The van der Waals surface area contributed by atoms with Crippen LogP contribution in [0.25, 0.3) is 0 Å². The number of rotatable bonds is 2. The summed E-state index contributed by atoms with van der Waals surface area (Å²) in [5.41, 5.74) is 0. The molecule has 5 nitrogen and oxygen atoms in total. The summed E-state index contributed by atoms with van der Waals surface area (Å²) in [6.45, 7) is 0. The van der Waals surface area contributed by atoms with Crippen molar-refractivity contribution < 1.29 is 18.3 Å². The number of carboxylic acid groups (broad SMARTS) is 1. The lowest BCUT2D eigenvalue weighted by Gasteiger charge is -2.35. The normalized spacial score (nSPS) is 36.7. The number of aliphatic carboxylic acids is 1. The summed E-state index contributed by atoms with van der Waals surface area (Å²) in [6.07, 6.45) is 3.76. The number of carbonyl (C=O) groups is 1. The van der Waals surface area contributed by atoms with E-state index >= 15 is 0 Å². The second kappa shape index (κ2) is 3.45. The van der Waals surface area contributed by atoms with Crippen LogP contribution in [-0.4, -0.2) is 42.1 Å². The molecule has 1 N–H and O–H groups in total. The molecular formula is C9H15NO4S. The van der Waals surface area contributed by atoms with Crippen LogP contribution in [0, 0.1) is 5.92 Å². The van der Waals surface area contributed by atoms with Gasteiger partial charge in [0.2, 0.25) is 10.0 Å². The van der Waals surface area contributed by atoms with Gasteiger partial charge in [-0.05, 0) is 25.7 Å². The standard InChI is InChI=1S/C9H15NO4S/c1-15(13,14)10-7-2-3-8(10)5-6(4-7)9(11)12/h6-8H,2-5H2,1H3,(H,11,12). The van der Waals surface area contributed by atoms with Gasteiger partial charge >= 0.3 is 5.97 Å². The van der Waals surface area contributed by atoms with Crippen LogP contribution in [0.3, 0.4) is 0 Å². The molecule has 2 rings (SSSR count). The summed E-state index contributed by atoms with van der Waals surface area (Å²) < 4.78 is 24.5. The molecule has 0 radical (unpaired) electrons. The summed E-state index contributed by atoms with van der Waals surface area (Å²) in [4.78, 5) is 10.9. The van der Waals surface area contributed by atoms with Gasteiger partial charge in [0.05, 0.1) is 12.2 Å². The summed E-state index contributed by atoms with van der Waals surface area (Å²) in [6, 6.07) is -0.167. The Morgan fingerprint density at radius 2 is 1.73 bits per heavy atom. The highest BCUT2D eigenvalue weighted by atomic mass is 32.2. The summed E-state index contributed by atoms with van der Waals surface area (Å²) in [7, 11) is -3.17. The van der Waals surface area contributed by atoms with E-state index < -0.39 is 16.0 Å². The first-order valence-electron chi connectivity index (χ1n) is 5.11. The molecule has 0 aromatic rings. The van der Waals surface area contributed by atoms with Crippen molar-refractivity contribution in [2.75, 3.05) is 6.26 Å². The van der Waals surface area contributed by atoms with Crippen molar-refractivity contribution in [3.8, 4) is 0 Å². The van der Waals surface area contributed by atoms with Crippen LogP contribution < -0.4 is 0 Å². The van der Waals surface area contributed by atoms with Crippen LogP contribution >= 0.6 is 0 Å². The van der Waals surface area contributed by atoms with E-state index in [1.807, 2.05) is 0 Å². The van der Waals surface area contributed by atoms with Gasteiger partial charge in [-0.3, -0.25) is 4.79 Å². The van der Waals surface area contributed by atoms with E-state index in [2.05, 4.69) is 0 Å². The number of hydrogen-bond acceptors (Lipinski definition) is 3. The molecular weight excluding hydrogens is 218 g/mol. The first kappa shape index (κ1) is 10.9. The molecule has 2 aliphatic heterocycles. The van der Waals surface area contributed by atoms with Crippen LogP contribution in [0.15, 0.2) is 0 Å². The van der Waals surface area contributed by atoms with E-state index in [0.29, 0.717) is 12.8 Å². The Hall–Kier alpha value is -0.620. The first-order valence-corrected chi connectivity index (χ1v) is 6.95. The van der Waals surface area contributed by atoms with Crippen LogP contribution in [0.5, 0.6) is 0 Å². The lowest BCUT2D eigenvalue weighted by molar-refractivity contribution is -0.143. The Labute approximate surface area is 89.1 Å². The van der Waals surface area contributed by atoms with Crippen molar-refractivity contribution in [3.63, 3.8) is 0 Å². The maximum Gasteiger partial charge on any atom is 0.306 e. The highest BCUT2D eigenvalue weighted by molar-refractivity contribution is 7.88. The van der Waals surface area contributed by atoms with Crippen molar-refractivity contribution in [2.24, 2.45) is 5.92 Å². The number of piperidine rings is 1. The fourth-order valence-corrected chi connectivity index (χ4v) is 4.34. The first-order chi connectivity index (χ1) is 6.89. The van der Waals surface area contributed by atoms with Gasteiger partial charge in [0.15, 0.2) is 0 Å². The molecule has 2 saturated heterocycles. The van der Waals surface area contributed by atoms with Gasteiger partial charge in [-0.25, -0.2) is 8.42 Å². The SMILES string of the molecule is CS(=O)(=O)N1C2CCC1CC(C(=O)O)C2. The van der Waals surface area contributed by atoms with Gasteiger partial charge in [0, 0.05) is 12.1 Å². The molecule has 2 fully saturated rings. The van der Waals surface area contributed by atoms with E-state index in [4.69, 9.17) is 5.11 Å². The van der Waals surface area contributed by atoms with Crippen molar-refractivity contribution in [1.82, 2.24) is 4.31 Å². The molecule has 2 bridgehead atoms. The fraction of sp³-hybridized carbons (Fsp3) is 0.889. The minimum absolute atomic E-state index is 0.0835. The maximum absolute atomic E-state index is 11.5. The molecule has 0 aromatic heterocycles. The molecule has 6 heteroatoms. The molecule has 2 atom stereocenters. The predicted molar refractivity (Wildman–Crippen MR) is 53.9 cm³/mol. The van der Waals surface area contributed by atoms with E-state index in [-0.39, 0.29) is 18.0 Å². The minimum atomic E-state index is -3.17. The van der Waals surface area contributed by atoms with Crippen LogP contribution in [0.1, 0.15) is 25.7 Å². The molecule has 2 aliphatic rings. The van der Waals surface area contributed by atoms with Crippen molar-refractivity contribution >= 4 is 16.0 Å². The third-order valence-corrected chi connectivity index (χ3v) is 4.76. The van der Waals surface area contributed by atoms with E-state index in [9.17, 15) is 13.2 Å². The summed E-state index contributed by atoms with van der Waals surface area (Å²) in [5, 5.41) is 8.92. The minimum Gasteiger partial charge on any atom is -0.481 e. The molecule has 15 heavy (non-hydrogen) atoms. The van der Waals surface area contributed by atoms with Crippen LogP contribution in [-0.2, 0) is 14.8 Å². The highest BCUT2D eigenvalue weighted by Crippen LogP contribution is 2.40. The molecule has 0 amide bonds. The monoisotopic (exact) mass is 233 g/mol. The Balaban J connectivity index is 2.21. The Morgan fingerprint density at radius 1 is 1.27 bits per heavy atom. The topological polar surface area (TPSA) is 74.7 Å². The fourth-order valence-electron chi connectivity index (χ4n) is 2.88. The van der Waals surface area contributed by atoms with E-state index in [1.54, 1.807) is 0 Å². The number of sulfonamides is 1. The van der Waals surface area contributed by atoms with Crippen LogP contribution in [0.2, 0.25) is 0 Å². The molecule has 0 spiro atoms. The molecule has 0 aromatic carbocycles. The number of carboxylic acids is 1. The van der Waals surface area contributed by atoms with Crippen molar-refractivity contribution in [3.05, 3.63) is 0 Å². The average Bonchev–Trinajstić information content (AvgIpc) is 2.37. The highest BCUT2D eigenvalue weighted by Gasteiger charge is 2.46. The lowest BCUT2D eigenvalue weighted by atomic mass is 9.93. The van der Waals surface area contributed by atoms with Gasteiger partial charge < -0.3 is 5.11 Å². The summed E-state index contributed by atoms with van der Waals surface area (Å²) >= 11 is 0. The molecule has 86 valence electrons. The van der Waals surface area contributed by atoms with E-state index in [1.165, 1.54) is 10.6 Å². The van der Waals surface area contributed by atoms with Crippen molar-refractivity contribution in [2.45, 2.75) is 37.8 Å². The number of nitrogens with zero attached hydrogens (tertiary/aromatic N) is 1. The van der Waals surface area contributed by atoms with Gasteiger partial charge in [-0.1, -0.05) is 0 Å². The molecule has 2 heterocycles. The van der Waals surface area contributed by atoms with Gasteiger partial charge in [0.25, 0.3) is 0 Å². The maximum atomic E-state index is 11.5. The zero-order chi connectivity index (χ0) is 11.2. The smallest absolute Gasteiger partial charge is 0.306 e. The van der Waals surface area contributed by atoms with Crippen LogP contribution in [0.4, 0.5) is 0 Å². The second-order valence-corrected chi connectivity index (χ2v) is 6.37. The molecule has 0 saturated carbocycles. The number of fused-ring (bicyclic) bond motifs is 2. The third-order valence-electron chi connectivity index (χ3n) is 3.40. The lowest BCUT2D eigenvalue weighted by Crippen LogP contribution is -2.47. The van der Waals surface area contributed by atoms with Crippen molar-refractivity contribution in [1.29, 1.82) is 0 Å². The predicted octanol–water partition coefficient (Wildman–Crippen LogP) is 0.274. The molecule has 0 aliphatic carbocycles. The third kappa shape index (κ3) is 1.88. The molecule has 2 unspecified atom stereocenters. The quantitative estimate of drug-likeness (QED) is 0.743. The Bertz CT molecular complexity index is 364. The van der Waals surface area contributed by atoms with E-state index in [0.717, 1.165) is 12.8 Å². The summed E-state index contributed by atoms with van der Waals surface area (Å²) in [5.74, 6) is -1.15. The zero-order valence-electron chi connectivity index (χ0n) is 8.59. The largest absolute Gasteiger partial charge is 0.481 e.